The average Bonchev–Trinajstić information content (AvgIpc) is 2.82. The molecule has 0 aliphatic heterocycles. The molecule has 1 aliphatic carbocycles. The number of hydrazone groups is 1. The number of anilines is 1. The van der Waals surface area contributed by atoms with E-state index in [1.165, 1.54) is 29.8 Å². The molecule has 92 valence electrons. The molecule has 2 aromatic heterocycles. The minimum Gasteiger partial charge on any atom is -0.265 e. The Morgan fingerprint density at radius 2 is 2.06 bits per heavy atom. The monoisotopic (exact) mass is 258 g/mol. The number of hydrogen-bond acceptors (Lipinski definition) is 5. The lowest BCUT2D eigenvalue weighted by molar-refractivity contribution is 0.682. The fourth-order valence-corrected chi connectivity index (χ4v) is 3.01. The molecular weight excluding hydrogens is 244 g/mol. The van der Waals surface area contributed by atoms with Gasteiger partial charge in [-0.25, -0.2) is 4.98 Å². The lowest BCUT2D eigenvalue weighted by Crippen LogP contribution is -1.99. The van der Waals surface area contributed by atoms with Gasteiger partial charge in [-0.2, -0.15) is 5.10 Å². The topological polar surface area (TPSA) is 50.2 Å². The third-order valence-electron chi connectivity index (χ3n) is 2.93. The average molecular weight is 258 g/mol. The second-order valence-corrected chi connectivity index (χ2v) is 5.33. The SMILES string of the molecule is C(=N/Nc1nc2c(s1)CCCC2)/c1ccncc1. The van der Waals surface area contributed by atoms with Crippen LogP contribution >= 0.6 is 11.3 Å². The van der Waals surface area contributed by atoms with Crippen molar-refractivity contribution in [1.82, 2.24) is 9.97 Å². The normalized spacial score (nSPS) is 14.7. The molecule has 0 atom stereocenters. The van der Waals surface area contributed by atoms with Crippen molar-refractivity contribution in [1.29, 1.82) is 0 Å². The van der Waals surface area contributed by atoms with Gasteiger partial charge < -0.3 is 0 Å². The number of aryl methyl sites for hydroxylation is 2. The second kappa shape index (κ2) is 5.27. The number of pyridine rings is 1. The molecule has 0 radical (unpaired) electrons. The highest BCUT2D eigenvalue weighted by Crippen LogP contribution is 2.29. The minimum atomic E-state index is 0.896. The molecule has 0 fully saturated rings. The van der Waals surface area contributed by atoms with Crippen LogP contribution in [0.2, 0.25) is 0 Å². The van der Waals surface area contributed by atoms with Crippen LogP contribution in [0.1, 0.15) is 29.0 Å². The Morgan fingerprint density at radius 1 is 1.22 bits per heavy atom. The molecule has 5 heteroatoms. The van der Waals surface area contributed by atoms with Crippen molar-refractivity contribution in [2.75, 3.05) is 5.43 Å². The Kier molecular flexibility index (Phi) is 3.32. The van der Waals surface area contributed by atoms with Gasteiger partial charge in [0.05, 0.1) is 11.9 Å². The molecule has 0 amide bonds. The molecule has 0 spiro atoms. The summed E-state index contributed by atoms with van der Waals surface area (Å²) in [4.78, 5) is 9.95. The maximum atomic E-state index is 4.56. The van der Waals surface area contributed by atoms with Gasteiger partial charge in [-0.05, 0) is 43.4 Å². The molecule has 0 saturated heterocycles. The number of thiazole rings is 1. The maximum absolute atomic E-state index is 4.56. The molecule has 2 aromatic rings. The summed E-state index contributed by atoms with van der Waals surface area (Å²) in [6.45, 7) is 0. The summed E-state index contributed by atoms with van der Waals surface area (Å²) in [5.41, 5.74) is 5.29. The molecule has 0 unspecified atom stereocenters. The van der Waals surface area contributed by atoms with Gasteiger partial charge in [0, 0.05) is 17.3 Å². The zero-order chi connectivity index (χ0) is 12.2. The van der Waals surface area contributed by atoms with E-state index in [0.717, 1.165) is 17.1 Å². The molecule has 4 nitrogen and oxygen atoms in total. The van der Waals surface area contributed by atoms with Gasteiger partial charge >= 0.3 is 0 Å². The van der Waals surface area contributed by atoms with Crippen LogP contribution in [-0.2, 0) is 12.8 Å². The van der Waals surface area contributed by atoms with Crippen LogP contribution in [0.15, 0.2) is 29.6 Å². The van der Waals surface area contributed by atoms with Crippen LogP contribution < -0.4 is 5.43 Å². The number of nitrogens with zero attached hydrogens (tertiary/aromatic N) is 3. The van der Waals surface area contributed by atoms with Crippen molar-refractivity contribution in [3.05, 3.63) is 40.7 Å². The first-order valence-electron chi connectivity index (χ1n) is 6.09. The van der Waals surface area contributed by atoms with Crippen LogP contribution in [0, 0.1) is 0 Å². The third-order valence-corrected chi connectivity index (χ3v) is 3.99. The van der Waals surface area contributed by atoms with Gasteiger partial charge in [-0.15, -0.1) is 11.3 Å². The smallest absolute Gasteiger partial charge is 0.203 e. The largest absolute Gasteiger partial charge is 0.265 e. The highest BCUT2D eigenvalue weighted by molar-refractivity contribution is 7.15. The minimum absolute atomic E-state index is 0.896. The van der Waals surface area contributed by atoms with Crippen LogP contribution in [0.25, 0.3) is 0 Å². The Morgan fingerprint density at radius 3 is 2.89 bits per heavy atom. The summed E-state index contributed by atoms with van der Waals surface area (Å²) in [7, 11) is 0. The van der Waals surface area contributed by atoms with Crippen molar-refractivity contribution in [3.63, 3.8) is 0 Å². The molecule has 18 heavy (non-hydrogen) atoms. The van der Waals surface area contributed by atoms with Gasteiger partial charge in [0.15, 0.2) is 0 Å². The van der Waals surface area contributed by atoms with E-state index in [9.17, 15) is 0 Å². The molecule has 0 bridgehead atoms. The lowest BCUT2D eigenvalue weighted by atomic mass is 10.0. The first kappa shape index (κ1) is 11.3. The predicted molar refractivity (Wildman–Crippen MR) is 74.2 cm³/mol. The number of rotatable bonds is 3. The highest BCUT2D eigenvalue weighted by atomic mass is 32.1. The van der Waals surface area contributed by atoms with Crippen molar-refractivity contribution >= 4 is 22.7 Å². The van der Waals surface area contributed by atoms with Crippen molar-refractivity contribution in [2.24, 2.45) is 5.10 Å². The first-order chi connectivity index (χ1) is 8.92. The molecule has 0 saturated carbocycles. The summed E-state index contributed by atoms with van der Waals surface area (Å²) in [6, 6.07) is 3.83. The van der Waals surface area contributed by atoms with E-state index in [0.29, 0.717) is 0 Å². The van der Waals surface area contributed by atoms with Crippen LogP contribution in [-0.4, -0.2) is 16.2 Å². The zero-order valence-corrected chi connectivity index (χ0v) is 10.8. The zero-order valence-electron chi connectivity index (χ0n) is 9.97. The fourth-order valence-electron chi connectivity index (χ4n) is 2.01. The second-order valence-electron chi connectivity index (χ2n) is 4.25. The van der Waals surface area contributed by atoms with E-state index in [4.69, 9.17) is 0 Å². The number of fused-ring (bicyclic) bond motifs is 1. The van der Waals surface area contributed by atoms with Crippen molar-refractivity contribution < 1.29 is 0 Å². The number of nitrogens with one attached hydrogen (secondary N) is 1. The highest BCUT2D eigenvalue weighted by Gasteiger charge is 2.14. The van der Waals surface area contributed by atoms with Gasteiger partial charge in [0.2, 0.25) is 5.13 Å². The standard InChI is InChI=1S/C13H14N4S/c1-2-4-12-11(3-1)16-13(18-12)17-15-9-10-5-7-14-8-6-10/h5-9H,1-4H2,(H,16,17)/b15-9-. The molecule has 3 rings (SSSR count). The van der Waals surface area contributed by atoms with E-state index in [1.54, 1.807) is 29.9 Å². The summed E-state index contributed by atoms with van der Waals surface area (Å²) >= 11 is 1.72. The van der Waals surface area contributed by atoms with Crippen LogP contribution in [0.3, 0.4) is 0 Å². The fraction of sp³-hybridized carbons (Fsp3) is 0.308. The summed E-state index contributed by atoms with van der Waals surface area (Å²) < 4.78 is 0. The number of aromatic nitrogens is 2. The van der Waals surface area contributed by atoms with Gasteiger partial charge in [-0.1, -0.05) is 0 Å². The quantitative estimate of drug-likeness (QED) is 0.680. The third kappa shape index (κ3) is 2.56. The molecule has 1 N–H and O–H groups in total. The van der Waals surface area contributed by atoms with Crippen molar-refractivity contribution in [3.8, 4) is 0 Å². The summed E-state index contributed by atoms with van der Waals surface area (Å²) in [6.07, 6.45) is 10.1. The lowest BCUT2D eigenvalue weighted by Gasteiger charge is -2.06. The van der Waals surface area contributed by atoms with Crippen LogP contribution in [0.4, 0.5) is 5.13 Å². The van der Waals surface area contributed by atoms with E-state index in [1.807, 2.05) is 12.1 Å². The van der Waals surface area contributed by atoms with Crippen molar-refractivity contribution in [2.45, 2.75) is 25.7 Å². The van der Waals surface area contributed by atoms with Gasteiger partial charge in [0.1, 0.15) is 0 Å². The van der Waals surface area contributed by atoms with Gasteiger partial charge in [0.25, 0.3) is 0 Å². The van der Waals surface area contributed by atoms with Crippen LogP contribution in [0.5, 0.6) is 0 Å². The van der Waals surface area contributed by atoms with E-state index < -0.39 is 0 Å². The number of hydrogen-bond donors (Lipinski definition) is 1. The van der Waals surface area contributed by atoms with E-state index in [-0.39, 0.29) is 0 Å². The molecular formula is C13H14N4S. The molecule has 2 heterocycles. The Balaban J connectivity index is 1.66. The Bertz CT molecular complexity index is 524. The Labute approximate surface area is 110 Å². The van der Waals surface area contributed by atoms with Gasteiger partial charge in [-0.3, -0.25) is 10.4 Å². The van der Waals surface area contributed by atoms with E-state index >= 15 is 0 Å². The predicted octanol–water partition coefficient (Wildman–Crippen LogP) is 2.86. The summed E-state index contributed by atoms with van der Waals surface area (Å²) in [5, 5.41) is 5.10. The Hall–Kier alpha value is -1.75. The molecule has 1 aliphatic rings. The summed E-state index contributed by atoms with van der Waals surface area (Å²) in [5.74, 6) is 0. The van der Waals surface area contributed by atoms with E-state index in [2.05, 4.69) is 20.5 Å². The molecule has 0 aromatic carbocycles. The maximum Gasteiger partial charge on any atom is 0.203 e. The first-order valence-corrected chi connectivity index (χ1v) is 6.91.